The molecule has 0 amide bonds. The standard InChI is InChI=1S/C15H14ClN5O/c16-11-7-10(22)3-4-12(11)19-13-8-15(18-9-1-2-9)21-14(20-13)5-6-17-21/h3-9,18,22H,1-2H2,(H,19,20). The maximum absolute atomic E-state index is 9.42. The first-order valence-electron chi connectivity index (χ1n) is 7.06. The van der Waals surface area contributed by atoms with Gasteiger partial charge in [-0.2, -0.15) is 9.61 Å². The smallest absolute Gasteiger partial charge is 0.159 e. The number of hydrogen-bond donors (Lipinski definition) is 3. The first-order chi connectivity index (χ1) is 10.7. The van der Waals surface area contributed by atoms with Crippen molar-refractivity contribution in [2.75, 3.05) is 10.6 Å². The van der Waals surface area contributed by atoms with Crippen molar-refractivity contribution in [3.63, 3.8) is 0 Å². The fourth-order valence-electron chi connectivity index (χ4n) is 2.26. The molecule has 7 heteroatoms. The number of aromatic hydroxyl groups is 1. The molecule has 22 heavy (non-hydrogen) atoms. The largest absolute Gasteiger partial charge is 0.508 e. The van der Waals surface area contributed by atoms with Crippen molar-refractivity contribution in [2.24, 2.45) is 0 Å². The van der Waals surface area contributed by atoms with Gasteiger partial charge < -0.3 is 15.7 Å². The number of halogens is 1. The van der Waals surface area contributed by atoms with Crippen molar-refractivity contribution in [3.05, 3.63) is 41.6 Å². The second kappa shape index (κ2) is 5.06. The lowest BCUT2D eigenvalue weighted by Crippen LogP contribution is -2.08. The first-order valence-corrected chi connectivity index (χ1v) is 7.44. The predicted octanol–water partition coefficient (Wildman–Crippen LogP) is 3.41. The van der Waals surface area contributed by atoms with E-state index in [9.17, 15) is 5.11 Å². The zero-order valence-electron chi connectivity index (χ0n) is 11.6. The Morgan fingerprint density at radius 3 is 2.86 bits per heavy atom. The summed E-state index contributed by atoms with van der Waals surface area (Å²) in [4.78, 5) is 4.51. The summed E-state index contributed by atoms with van der Waals surface area (Å²) in [5, 5.41) is 20.8. The lowest BCUT2D eigenvalue weighted by molar-refractivity contribution is 0.475. The summed E-state index contributed by atoms with van der Waals surface area (Å²) in [5.41, 5.74) is 1.44. The fraction of sp³-hybridized carbons (Fsp3) is 0.200. The molecule has 112 valence electrons. The molecular weight excluding hydrogens is 302 g/mol. The lowest BCUT2D eigenvalue weighted by Gasteiger charge is -2.12. The molecule has 0 atom stereocenters. The number of nitrogens with one attached hydrogen (secondary N) is 2. The van der Waals surface area contributed by atoms with Crippen LogP contribution in [0.1, 0.15) is 12.8 Å². The molecule has 0 bridgehead atoms. The van der Waals surface area contributed by atoms with E-state index in [4.69, 9.17) is 11.6 Å². The number of phenolic OH excluding ortho intramolecular Hbond substituents is 1. The van der Waals surface area contributed by atoms with Crippen LogP contribution in [0, 0.1) is 0 Å². The number of aromatic nitrogens is 3. The highest BCUT2D eigenvalue weighted by molar-refractivity contribution is 6.33. The van der Waals surface area contributed by atoms with Gasteiger partial charge in [0.15, 0.2) is 5.65 Å². The van der Waals surface area contributed by atoms with Crippen LogP contribution in [0.2, 0.25) is 5.02 Å². The SMILES string of the molecule is Oc1ccc(Nc2cc(NC3CC3)n3nccc3n2)c(Cl)c1. The Morgan fingerprint density at radius 1 is 1.23 bits per heavy atom. The molecule has 3 N–H and O–H groups in total. The number of nitrogens with zero attached hydrogens (tertiary/aromatic N) is 3. The van der Waals surface area contributed by atoms with E-state index in [-0.39, 0.29) is 5.75 Å². The third-order valence-corrected chi connectivity index (χ3v) is 3.82. The van der Waals surface area contributed by atoms with Gasteiger partial charge in [0.2, 0.25) is 0 Å². The topological polar surface area (TPSA) is 74.5 Å². The van der Waals surface area contributed by atoms with Crippen LogP contribution < -0.4 is 10.6 Å². The van der Waals surface area contributed by atoms with E-state index in [1.165, 1.54) is 18.9 Å². The summed E-state index contributed by atoms with van der Waals surface area (Å²) >= 11 is 6.13. The van der Waals surface area contributed by atoms with E-state index in [2.05, 4.69) is 20.7 Å². The Labute approximate surface area is 131 Å². The van der Waals surface area contributed by atoms with Crippen LogP contribution in [0.4, 0.5) is 17.3 Å². The summed E-state index contributed by atoms with van der Waals surface area (Å²) in [7, 11) is 0. The van der Waals surface area contributed by atoms with Crippen LogP contribution in [0.15, 0.2) is 36.5 Å². The zero-order valence-corrected chi connectivity index (χ0v) is 12.4. The fourth-order valence-corrected chi connectivity index (χ4v) is 2.48. The van der Waals surface area contributed by atoms with Crippen LogP contribution in [-0.2, 0) is 0 Å². The minimum atomic E-state index is 0.130. The average molecular weight is 316 g/mol. The third-order valence-electron chi connectivity index (χ3n) is 3.50. The maximum Gasteiger partial charge on any atom is 0.159 e. The van der Waals surface area contributed by atoms with Crippen molar-refractivity contribution in [2.45, 2.75) is 18.9 Å². The van der Waals surface area contributed by atoms with Crippen molar-refractivity contribution < 1.29 is 5.11 Å². The molecule has 1 aliphatic rings. The lowest BCUT2D eigenvalue weighted by atomic mass is 10.3. The summed E-state index contributed by atoms with van der Waals surface area (Å²) in [6.45, 7) is 0. The maximum atomic E-state index is 9.42. The Morgan fingerprint density at radius 2 is 2.09 bits per heavy atom. The minimum Gasteiger partial charge on any atom is -0.508 e. The molecule has 3 aromatic rings. The third kappa shape index (κ3) is 2.53. The zero-order chi connectivity index (χ0) is 15.1. The Balaban J connectivity index is 1.71. The van der Waals surface area contributed by atoms with Crippen molar-refractivity contribution in [1.82, 2.24) is 14.6 Å². The summed E-state index contributed by atoms with van der Waals surface area (Å²) in [6, 6.07) is 9.05. The van der Waals surface area contributed by atoms with Crippen LogP contribution in [0.5, 0.6) is 5.75 Å². The molecule has 6 nitrogen and oxygen atoms in total. The molecule has 2 aromatic heterocycles. The highest BCUT2D eigenvalue weighted by Crippen LogP contribution is 2.30. The van der Waals surface area contributed by atoms with Gasteiger partial charge in [-0.25, -0.2) is 4.98 Å². The number of hydrogen-bond acceptors (Lipinski definition) is 5. The van der Waals surface area contributed by atoms with Gasteiger partial charge in [-0.3, -0.25) is 0 Å². The minimum absolute atomic E-state index is 0.130. The van der Waals surface area contributed by atoms with Crippen molar-refractivity contribution in [1.29, 1.82) is 0 Å². The second-order valence-corrected chi connectivity index (χ2v) is 5.74. The molecule has 0 spiro atoms. The number of fused-ring (bicyclic) bond motifs is 1. The number of anilines is 3. The molecular formula is C15H14ClN5O. The molecule has 0 saturated heterocycles. The van der Waals surface area contributed by atoms with Crippen molar-refractivity contribution in [3.8, 4) is 5.75 Å². The Bertz CT molecular complexity index is 843. The van der Waals surface area contributed by atoms with E-state index >= 15 is 0 Å². The second-order valence-electron chi connectivity index (χ2n) is 5.34. The van der Waals surface area contributed by atoms with Gasteiger partial charge in [0.1, 0.15) is 17.4 Å². The molecule has 0 unspecified atom stereocenters. The van der Waals surface area contributed by atoms with Crippen LogP contribution in [-0.4, -0.2) is 25.7 Å². The van der Waals surface area contributed by atoms with E-state index in [1.807, 2.05) is 12.1 Å². The molecule has 4 rings (SSSR count). The van der Waals surface area contributed by atoms with Gasteiger partial charge in [0, 0.05) is 24.2 Å². The quantitative estimate of drug-likeness (QED) is 0.643. The number of rotatable bonds is 4. The summed E-state index contributed by atoms with van der Waals surface area (Å²) in [6.07, 6.45) is 4.08. The van der Waals surface area contributed by atoms with E-state index in [0.29, 0.717) is 22.6 Å². The predicted molar refractivity (Wildman–Crippen MR) is 86.0 cm³/mol. The molecule has 0 radical (unpaired) electrons. The molecule has 1 aliphatic carbocycles. The molecule has 1 saturated carbocycles. The van der Waals surface area contributed by atoms with Gasteiger partial charge in [-0.15, -0.1) is 0 Å². The number of benzene rings is 1. The first kappa shape index (κ1) is 13.2. The van der Waals surface area contributed by atoms with E-state index in [1.54, 1.807) is 22.8 Å². The Kier molecular flexibility index (Phi) is 3.04. The van der Waals surface area contributed by atoms with Crippen molar-refractivity contribution >= 4 is 34.6 Å². The van der Waals surface area contributed by atoms with Crippen LogP contribution in [0.25, 0.3) is 5.65 Å². The summed E-state index contributed by atoms with van der Waals surface area (Å²) in [5.74, 6) is 1.70. The molecule has 0 aliphatic heterocycles. The highest BCUT2D eigenvalue weighted by Gasteiger charge is 2.22. The number of phenols is 1. The monoisotopic (exact) mass is 315 g/mol. The van der Waals surface area contributed by atoms with Gasteiger partial charge in [0.05, 0.1) is 16.9 Å². The van der Waals surface area contributed by atoms with Gasteiger partial charge >= 0.3 is 0 Å². The molecule has 2 heterocycles. The summed E-state index contributed by atoms with van der Waals surface area (Å²) < 4.78 is 1.78. The van der Waals surface area contributed by atoms with Crippen LogP contribution in [0.3, 0.4) is 0 Å². The Hall–Kier alpha value is -2.47. The van der Waals surface area contributed by atoms with E-state index < -0.39 is 0 Å². The normalized spacial score (nSPS) is 14.2. The van der Waals surface area contributed by atoms with Crippen LogP contribution >= 0.6 is 11.6 Å². The van der Waals surface area contributed by atoms with Gasteiger partial charge in [-0.1, -0.05) is 11.6 Å². The van der Waals surface area contributed by atoms with E-state index in [0.717, 1.165) is 11.5 Å². The molecule has 1 aromatic carbocycles. The molecule has 1 fully saturated rings. The van der Waals surface area contributed by atoms with Gasteiger partial charge in [0.25, 0.3) is 0 Å². The van der Waals surface area contributed by atoms with Gasteiger partial charge in [-0.05, 0) is 25.0 Å². The highest BCUT2D eigenvalue weighted by atomic mass is 35.5. The average Bonchev–Trinajstić information content (AvgIpc) is 3.16.